The van der Waals surface area contributed by atoms with Gasteiger partial charge in [-0.05, 0) is 57.3 Å². The van der Waals surface area contributed by atoms with E-state index in [0.717, 1.165) is 35.5 Å². The first-order valence-electron chi connectivity index (χ1n) is 15.9. The van der Waals surface area contributed by atoms with E-state index in [1.165, 1.54) is 33.0 Å². The molecule has 226 valence electrons. The quantitative estimate of drug-likeness (QED) is 0.189. The van der Waals surface area contributed by atoms with Crippen molar-refractivity contribution in [2.24, 2.45) is 0 Å². The van der Waals surface area contributed by atoms with Crippen LogP contribution in [0.5, 0.6) is 0 Å². The second-order valence-electron chi connectivity index (χ2n) is 14.4. The number of nitrogens with zero attached hydrogens (tertiary/aromatic N) is 4. The fraction of sp³-hybridized carbons (Fsp3) is 0.250. The molecular weight excluding hydrogens is 550 g/mol. The first kappa shape index (κ1) is 28.8. The van der Waals surface area contributed by atoms with Crippen LogP contribution in [-0.4, -0.2) is 14.1 Å². The Morgan fingerprint density at radius 1 is 0.556 bits per heavy atom. The van der Waals surface area contributed by atoms with E-state index in [0.29, 0.717) is 0 Å². The summed E-state index contributed by atoms with van der Waals surface area (Å²) >= 11 is 0. The van der Waals surface area contributed by atoms with Crippen LogP contribution in [0.2, 0.25) is 0 Å². The van der Waals surface area contributed by atoms with E-state index in [-0.39, 0.29) is 10.8 Å². The van der Waals surface area contributed by atoms with Gasteiger partial charge >= 0.3 is 0 Å². The predicted octanol–water partition coefficient (Wildman–Crippen LogP) is 8.17. The van der Waals surface area contributed by atoms with Gasteiger partial charge in [-0.3, -0.25) is 0 Å². The number of benzene rings is 4. The Morgan fingerprint density at radius 3 is 1.33 bits per heavy atom. The van der Waals surface area contributed by atoms with Crippen LogP contribution in [0.4, 0.5) is 0 Å². The molecule has 7 aromatic rings. The molecule has 0 aliphatic carbocycles. The van der Waals surface area contributed by atoms with Gasteiger partial charge in [-0.2, -0.15) is 0 Å². The van der Waals surface area contributed by atoms with Crippen LogP contribution in [0.25, 0.3) is 33.2 Å². The molecule has 3 heterocycles. The molecule has 1 N–H and O–H groups in total. The largest absolute Gasteiger partial charge is 0.348 e. The van der Waals surface area contributed by atoms with E-state index in [4.69, 9.17) is 0 Å². The van der Waals surface area contributed by atoms with Crippen LogP contribution in [0.1, 0.15) is 63.8 Å². The Kier molecular flexibility index (Phi) is 7.00. The molecule has 0 amide bonds. The molecule has 0 saturated heterocycles. The van der Waals surface area contributed by atoms with E-state index in [1.54, 1.807) is 0 Å². The third kappa shape index (κ3) is 5.71. The van der Waals surface area contributed by atoms with Gasteiger partial charge in [0, 0.05) is 10.8 Å². The molecule has 0 spiro atoms. The second kappa shape index (κ2) is 10.9. The molecule has 5 heteroatoms. The van der Waals surface area contributed by atoms with Crippen LogP contribution >= 0.6 is 0 Å². The van der Waals surface area contributed by atoms with Gasteiger partial charge in [0.2, 0.25) is 12.7 Å². The zero-order valence-corrected chi connectivity index (χ0v) is 27.3. The average molecular weight is 594 g/mol. The topological polar surface area (TPSA) is 33.4 Å². The fourth-order valence-corrected chi connectivity index (χ4v) is 6.19. The van der Waals surface area contributed by atoms with Crippen molar-refractivity contribution in [1.82, 2.24) is 14.1 Å². The summed E-state index contributed by atoms with van der Waals surface area (Å²) in [6.07, 6.45) is 13.1. The average Bonchev–Trinajstić information content (AvgIpc) is 3.75. The van der Waals surface area contributed by atoms with Crippen LogP contribution < -0.4 is 9.13 Å². The molecule has 4 aromatic carbocycles. The number of hydrogen-bond acceptors (Lipinski definition) is 0. The highest BCUT2D eigenvalue weighted by atomic mass is 15.1. The lowest BCUT2D eigenvalue weighted by atomic mass is 9.84. The van der Waals surface area contributed by atoms with Gasteiger partial charge in [-0.1, -0.05) is 102 Å². The van der Waals surface area contributed by atoms with Gasteiger partial charge in [-0.15, -0.1) is 0 Å². The maximum Gasteiger partial charge on any atom is 0.249 e. The number of imidazole rings is 2. The zero-order chi connectivity index (χ0) is 31.3. The third-order valence-corrected chi connectivity index (χ3v) is 8.86. The molecule has 0 unspecified atom stereocenters. The minimum absolute atomic E-state index is 0.00638. The Labute approximate surface area is 266 Å². The van der Waals surface area contributed by atoms with Gasteiger partial charge < -0.3 is 4.98 Å². The molecule has 0 aliphatic rings. The van der Waals surface area contributed by atoms with Gasteiger partial charge in [0.15, 0.2) is 11.4 Å². The standard InChI is InChI=1S/C40H43N5/c1-39(2,3)31-21-33-34-22-32(40(4,5)6)24-36(45-20-18-43(28-45)26-30-15-11-8-12-16-30)38(34)41-37(33)35(23-31)44-19-17-42(27-44)25-29-13-9-7-10-14-29/h7-24,27-28,41H,25-26H2,1-6H3/q+2. The summed E-state index contributed by atoms with van der Waals surface area (Å²) in [5.41, 5.74) is 9.82. The van der Waals surface area contributed by atoms with E-state index >= 15 is 0 Å². The second-order valence-corrected chi connectivity index (χ2v) is 14.4. The molecule has 45 heavy (non-hydrogen) atoms. The highest BCUT2D eigenvalue weighted by molar-refractivity contribution is 6.12. The number of fused-ring (bicyclic) bond motifs is 3. The molecule has 5 nitrogen and oxygen atoms in total. The molecule has 7 rings (SSSR count). The lowest BCUT2D eigenvalue weighted by Crippen LogP contribution is -2.31. The van der Waals surface area contributed by atoms with Crippen LogP contribution in [0, 0.1) is 0 Å². The first-order valence-corrected chi connectivity index (χ1v) is 15.9. The minimum Gasteiger partial charge on any atom is -0.348 e. The number of aromatic nitrogens is 5. The molecule has 0 atom stereocenters. The molecular formula is C40H43N5+2. The van der Waals surface area contributed by atoms with Crippen molar-refractivity contribution in [1.29, 1.82) is 0 Å². The first-order chi connectivity index (χ1) is 21.5. The molecule has 0 aliphatic heterocycles. The number of H-pyrrole nitrogens is 1. The Balaban J connectivity index is 1.42. The smallest absolute Gasteiger partial charge is 0.249 e. The molecule has 0 bridgehead atoms. The lowest BCUT2D eigenvalue weighted by Gasteiger charge is -2.20. The summed E-state index contributed by atoms with van der Waals surface area (Å²) in [4.78, 5) is 3.93. The lowest BCUT2D eigenvalue weighted by molar-refractivity contribution is -0.687. The van der Waals surface area contributed by atoms with E-state index in [1.807, 2.05) is 0 Å². The highest BCUT2D eigenvalue weighted by Gasteiger charge is 2.26. The van der Waals surface area contributed by atoms with Gasteiger partial charge in [0.25, 0.3) is 0 Å². The SMILES string of the molecule is CC(C)(C)c1cc(-n2cc[n+](Cc3ccccc3)c2)c2[nH]c3c(-n4cc[n+](Cc5ccccc5)c4)cc(C(C)(C)C)cc3c2c1. The van der Waals surface area contributed by atoms with Gasteiger partial charge in [-0.25, -0.2) is 18.3 Å². The Morgan fingerprint density at radius 2 is 0.956 bits per heavy atom. The highest BCUT2D eigenvalue weighted by Crippen LogP contribution is 2.39. The fourth-order valence-electron chi connectivity index (χ4n) is 6.19. The predicted molar refractivity (Wildman–Crippen MR) is 183 cm³/mol. The van der Waals surface area contributed by atoms with Crippen molar-refractivity contribution in [3.8, 4) is 11.4 Å². The summed E-state index contributed by atoms with van der Waals surface area (Å²) in [6, 6.07) is 30.8. The summed E-state index contributed by atoms with van der Waals surface area (Å²) in [6.45, 7) is 15.5. The zero-order valence-electron chi connectivity index (χ0n) is 27.3. The summed E-state index contributed by atoms with van der Waals surface area (Å²) in [7, 11) is 0. The summed E-state index contributed by atoms with van der Waals surface area (Å²) in [5, 5.41) is 2.51. The van der Waals surface area contributed by atoms with Crippen molar-refractivity contribution in [3.05, 3.63) is 145 Å². The van der Waals surface area contributed by atoms with Gasteiger partial charge in [0.05, 0.1) is 11.0 Å². The minimum atomic E-state index is -0.00638. The Bertz CT molecular complexity index is 1960. The molecule has 0 saturated carbocycles. The number of hydrogen-bond donors (Lipinski definition) is 1. The van der Waals surface area contributed by atoms with Crippen LogP contribution in [0.3, 0.4) is 0 Å². The summed E-state index contributed by atoms with van der Waals surface area (Å²) in [5.74, 6) is 0. The normalized spacial score (nSPS) is 12.4. The Hall–Kier alpha value is -4.90. The van der Waals surface area contributed by atoms with Crippen LogP contribution in [-0.2, 0) is 23.9 Å². The molecule has 3 aromatic heterocycles. The van der Waals surface area contributed by atoms with Crippen molar-refractivity contribution in [2.75, 3.05) is 0 Å². The number of rotatable bonds is 6. The monoisotopic (exact) mass is 593 g/mol. The third-order valence-electron chi connectivity index (χ3n) is 8.86. The number of aromatic amines is 1. The summed E-state index contributed by atoms with van der Waals surface area (Å²) < 4.78 is 9.04. The van der Waals surface area contributed by atoms with Gasteiger partial charge in [0.1, 0.15) is 37.9 Å². The van der Waals surface area contributed by atoms with Crippen molar-refractivity contribution in [3.63, 3.8) is 0 Å². The van der Waals surface area contributed by atoms with E-state index in [9.17, 15) is 0 Å². The molecule has 0 fully saturated rings. The maximum atomic E-state index is 3.93. The van der Waals surface area contributed by atoms with Crippen molar-refractivity contribution < 1.29 is 9.13 Å². The maximum absolute atomic E-state index is 3.93. The van der Waals surface area contributed by atoms with Crippen LogP contribution in [0.15, 0.2) is 122 Å². The van der Waals surface area contributed by atoms with E-state index in [2.05, 4.69) is 187 Å². The van der Waals surface area contributed by atoms with E-state index < -0.39 is 0 Å². The van der Waals surface area contributed by atoms with Crippen molar-refractivity contribution >= 4 is 21.8 Å². The number of nitrogens with one attached hydrogen (secondary N) is 1. The van der Waals surface area contributed by atoms with Crippen molar-refractivity contribution in [2.45, 2.75) is 65.5 Å². The molecule has 0 radical (unpaired) electrons.